The lowest BCUT2D eigenvalue weighted by Gasteiger charge is -2.23. The molecule has 4 nitrogen and oxygen atoms in total. The lowest BCUT2D eigenvalue weighted by Crippen LogP contribution is -2.46. The maximum Gasteiger partial charge on any atom is 0.332 e. The van der Waals surface area contributed by atoms with Gasteiger partial charge in [-0.2, -0.15) is 0 Å². The average Bonchev–Trinajstić information content (AvgIpc) is 2.70. The number of carbonyl (C=O) groups excluding carboxylic acids is 2. The van der Waals surface area contributed by atoms with Gasteiger partial charge in [0.1, 0.15) is 0 Å². The van der Waals surface area contributed by atoms with Crippen LogP contribution in [0.1, 0.15) is 26.3 Å². The molecule has 0 spiro atoms. The summed E-state index contributed by atoms with van der Waals surface area (Å²) in [5, 5.41) is 3.40. The van der Waals surface area contributed by atoms with E-state index in [0.717, 1.165) is 5.56 Å². The van der Waals surface area contributed by atoms with E-state index in [1.807, 2.05) is 20.8 Å². The fraction of sp³-hybridized carbons (Fsp3) is 0.333. The minimum atomic E-state index is -0.914. The van der Waals surface area contributed by atoms with Crippen LogP contribution in [0.15, 0.2) is 30.3 Å². The summed E-state index contributed by atoms with van der Waals surface area (Å²) in [4.78, 5) is 23.7. The number of hydrogen-bond donors (Lipinski definition) is 1. The highest BCUT2D eigenvalue weighted by molar-refractivity contribution is 6.30. The van der Waals surface area contributed by atoms with Crippen molar-refractivity contribution in [2.24, 2.45) is 0 Å². The van der Waals surface area contributed by atoms with Gasteiger partial charge in [-0.25, -0.2) is 4.79 Å². The van der Waals surface area contributed by atoms with Crippen LogP contribution in [0.4, 0.5) is 0 Å². The number of hydrogen-bond acceptors (Lipinski definition) is 3. The predicted octanol–water partition coefficient (Wildman–Crippen LogP) is 2.56. The number of amides is 1. The monoisotopic (exact) mass is 293 g/mol. The van der Waals surface area contributed by atoms with E-state index in [4.69, 9.17) is 16.3 Å². The summed E-state index contributed by atoms with van der Waals surface area (Å²) in [6, 6.07) is 6.93. The van der Waals surface area contributed by atoms with Crippen molar-refractivity contribution in [2.45, 2.75) is 32.4 Å². The molecular weight excluding hydrogens is 278 g/mol. The summed E-state index contributed by atoms with van der Waals surface area (Å²) in [5.74, 6) is -0.839. The van der Waals surface area contributed by atoms with Crippen LogP contribution in [0.3, 0.4) is 0 Å². The molecule has 1 amide bonds. The van der Waals surface area contributed by atoms with Crippen LogP contribution < -0.4 is 5.32 Å². The van der Waals surface area contributed by atoms with Gasteiger partial charge in [0, 0.05) is 22.2 Å². The third kappa shape index (κ3) is 3.39. The number of ether oxygens (including phenoxy) is 1. The van der Waals surface area contributed by atoms with E-state index in [-0.39, 0.29) is 5.91 Å². The van der Waals surface area contributed by atoms with Crippen LogP contribution in [-0.2, 0) is 14.3 Å². The molecule has 0 bridgehead atoms. The highest BCUT2D eigenvalue weighted by atomic mass is 35.5. The maximum atomic E-state index is 12.2. The second kappa shape index (κ2) is 5.29. The Morgan fingerprint density at radius 1 is 1.25 bits per heavy atom. The van der Waals surface area contributed by atoms with E-state index in [2.05, 4.69) is 5.32 Å². The minimum absolute atomic E-state index is 0.329. The Balaban J connectivity index is 2.26. The van der Waals surface area contributed by atoms with Gasteiger partial charge in [-0.3, -0.25) is 4.79 Å². The molecule has 1 atom stereocenters. The van der Waals surface area contributed by atoms with Crippen LogP contribution in [-0.4, -0.2) is 23.5 Å². The smallest absolute Gasteiger partial charge is 0.332 e. The first-order chi connectivity index (χ1) is 9.26. The standard InChI is InChI=1S/C15H16ClNO3/c1-15(2,3)17-14(19)13-11(8-12(18)20-13)9-4-6-10(16)7-5-9/h4-8,13H,1-3H3,(H,17,19). The van der Waals surface area contributed by atoms with Gasteiger partial charge in [-0.15, -0.1) is 0 Å². The minimum Gasteiger partial charge on any atom is -0.444 e. The second-order valence-electron chi connectivity index (χ2n) is 5.66. The van der Waals surface area contributed by atoms with Gasteiger partial charge in [-0.1, -0.05) is 23.7 Å². The highest BCUT2D eigenvalue weighted by Gasteiger charge is 2.34. The van der Waals surface area contributed by atoms with Crippen molar-refractivity contribution in [1.82, 2.24) is 5.32 Å². The first-order valence-electron chi connectivity index (χ1n) is 6.26. The Morgan fingerprint density at radius 2 is 1.85 bits per heavy atom. The molecule has 1 unspecified atom stereocenters. The molecule has 1 N–H and O–H groups in total. The van der Waals surface area contributed by atoms with Gasteiger partial charge in [0.05, 0.1) is 0 Å². The Bertz CT molecular complexity index is 570. The van der Waals surface area contributed by atoms with E-state index >= 15 is 0 Å². The average molecular weight is 294 g/mol. The molecule has 1 aromatic rings. The lowest BCUT2D eigenvalue weighted by molar-refractivity contribution is -0.146. The quantitative estimate of drug-likeness (QED) is 0.853. The fourth-order valence-corrected chi connectivity index (χ4v) is 2.05. The maximum absolute atomic E-state index is 12.2. The Hall–Kier alpha value is -1.81. The zero-order chi connectivity index (χ0) is 14.9. The van der Waals surface area contributed by atoms with Crippen molar-refractivity contribution >= 4 is 29.1 Å². The number of nitrogens with one attached hydrogen (secondary N) is 1. The van der Waals surface area contributed by atoms with E-state index in [0.29, 0.717) is 10.6 Å². The topological polar surface area (TPSA) is 55.4 Å². The number of carbonyl (C=O) groups is 2. The number of halogens is 1. The van der Waals surface area contributed by atoms with E-state index in [9.17, 15) is 9.59 Å². The van der Waals surface area contributed by atoms with Gasteiger partial charge < -0.3 is 10.1 Å². The molecule has 1 heterocycles. The molecule has 2 rings (SSSR count). The Kier molecular flexibility index (Phi) is 3.86. The second-order valence-corrected chi connectivity index (χ2v) is 6.10. The summed E-state index contributed by atoms with van der Waals surface area (Å²) < 4.78 is 5.09. The summed E-state index contributed by atoms with van der Waals surface area (Å²) in [6.45, 7) is 5.61. The zero-order valence-electron chi connectivity index (χ0n) is 11.6. The van der Waals surface area contributed by atoms with Crippen LogP contribution in [0, 0.1) is 0 Å². The van der Waals surface area contributed by atoms with E-state index in [1.165, 1.54) is 6.08 Å². The van der Waals surface area contributed by atoms with E-state index in [1.54, 1.807) is 24.3 Å². The Labute approximate surface area is 122 Å². The lowest BCUT2D eigenvalue weighted by atomic mass is 10.00. The molecule has 5 heteroatoms. The molecule has 106 valence electrons. The third-order valence-corrected chi connectivity index (χ3v) is 2.96. The van der Waals surface area contributed by atoms with Crippen LogP contribution in [0.2, 0.25) is 5.02 Å². The third-order valence-electron chi connectivity index (χ3n) is 2.70. The number of benzene rings is 1. The van der Waals surface area contributed by atoms with Gasteiger partial charge in [-0.05, 0) is 38.5 Å². The van der Waals surface area contributed by atoms with Crippen molar-refractivity contribution in [3.05, 3.63) is 40.9 Å². The number of rotatable bonds is 2. The van der Waals surface area contributed by atoms with E-state index < -0.39 is 17.6 Å². The molecule has 0 radical (unpaired) electrons. The molecule has 1 aliphatic heterocycles. The molecule has 1 aliphatic rings. The van der Waals surface area contributed by atoms with Gasteiger partial charge in [0.2, 0.25) is 6.10 Å². The summed E-state index contributed by atoms with van der Waals surface area (Å²) in [6.07, 6.45) is 0.429. The van der Waals surface area contributed by atoms with Crippen LogP contribution >= 0.6 is 11.6 Å². The fourth-order valence-electron chi connectivity index (χ4n) is 1.92. The molecule has 0 saturated heterocycles. The molecular formula is C15H16ClNO3. The van der Waals surface area contributed by atoms with Crippen molar-refractivity contribution in [2.75, 3.05) is 0 Å². The molecule has 0 aromatic heterocycles. The van der Waals surface area contributed by atoms with Crippen molar-refractivity contribution in [3.63, 3.8) is 0 Å². The molecule has 1 aromatic carbocycles. The molecule has 0 saturated carbocycles. The van der Waals surface area contributed by atoms with Crippen LogP contribution in [0.5, 0.6) is 0 Å². The zero-order valence-corrected chi connectivity index (χ0v) is 12.3. The van der Waals surface area contributed by atoms with Gasteiger partial charge in [0.25, 0.3) is 5.91 Å². The first kappa shape index (κ1) is 14.6. The predicted molar refractivity (Wildman–Crippen MR) is 77.2 cm³/mol. The Morgan fingerprint density at radius 3 is 2.40 bits per heavy atom. The summed E-state index contributed by atoms with van der Waals surface area (Å²) >= 11 is 5.84. The largest absolute Gasteiger partial charge is 0.444 e. The molecule has 0 fully saturated rings. The summed E-state index contributed by atoms with van der Waals surface area (Å²) in [5.41, 5.74) is 0.903. The van der Waals surface area contributed by atoms with Crippen molar-refractivity contribution in [1.29, 1.82) is 0 Å². The van der Waals surface area contributed by atoms with Crippen molar-refractivity contribution in [3.8, 4) is 0 Å². The number of cyclic esters (lactones) is 1. The highest BCUT2D eigenvalue weighted by Crippen LogP contribution is 2.27. The number of esters is 1. The summed E-state index contributed by atoms with van der Waals surface area (Å²) in [7, 11) is 0. The van der Waals surface area contributed by atoms with Crippen LogP contribution in [0.25, 0.3) is 5.57 Å². The molecule has 0 aliphatic carbocycles. The van der Waals surface area contributed by atoms with Crippen molar-refractivity contribution < 1.29 is 14.3 Å². The van der Waals surface area contributed by atoms with Gasteiger partial charge >= 0.3 is 5.97 Å². The molecule has 20 heavy (non-hydrogen) atoms. The SMILES string of the molecule is CC(C)(C)NC(=O)C1OC(=O)C=C1c1ccc(Cl)cc1. The first-order valence-corrected chi connectivity index (χ1v) is 6.64. The normalized spacial score (nSPS) is 18.5. The van der Waals surface area contributed by atoms with Gasteiger partial charge in [0.15, 0.2) is 0 Å².